The summed E-state index contributed by atoms with van der Waals surface area (Å²) in [6.45, 7) is 0.670. The van der Waals surface area contributed by atoms with Gasteiger partial charge in [0.05, 0.1) is 0 Å². The van der Waals surface area contributed by atoms with Gasteiger partial charge in [0.1, 0.15) is 0 Å². The van der Waals surface area contributed by atoms with Crippen molar-refractivity contribution in [3.8, 4) is 11.4 Å². The molecule has 0 unspecified atom stereocenters. The first-order valence-corrected chi connectivity index (χ1v) is 6.99. The lowest BCUT2D eigenvalue weighted by atomic mass is 10.1. The van der Waals surface area contributed by atoms with Gasteiger partial charge in [0.15, 0.2) is 0 Å². The molecule has 106 valence electrons. The predicted octanol–water partition coefficient (Wildman–Crippen LogP) is 3.79. The van der Waals surface area contributed by atoms with E-state index in [1.807, 2.05) is 36.4 Å². The van der Waals surface area contributed by atoms with Gasteiger partial charge in [0.2, 0.25) is 5.82 Å². The van der Waals surface area contributed by atoms with Crippen LogP contribution >= 0.6 is 23.2 Å². The van der Waals surface area contributed by atoms with Crippen LogP contribution in [0.5, 0.6) is 0 Å². The molecule has 0 aliphatic rings. The number of nitrogens with one attached hydrogen (secondary N) is 2. The largest absolute Gasteiger partial charge is 0.381 e. The number of aromatic nitrogens is 4. The van der Waals surface area contributed by atoms with Crippen molar-refractivity contribution in [2.75, 3.05) is 5.32 Å². The van der Waals surface area contributed by atoms with E-state index in [0.717, 1.165) is 16.8 Å². The molecule has 0 aliphatic carbocycles. The van der Waals surface area contributed by atoms with Crippen molar-refractivity contribution in [1.82, 2.24) is 20.6 Å². The molecule has 0 saturated carbocycles. The van der Waals surface area contributed by atoms with Crippen LogP contribution in [0, 0.1) is 0 Å². The van der Waals surface area contributed by atoms with Crippen molar-refractivity contribution in [1.29, 1.82) is 0 Å². The normalized spacial score (nSPS) is 10.6. The third-order valence-electron chi connectivity index (χ3n) is 2.92. The molecule has 3 rings (SSSR count). The third kappa shape index (κ3) is 3.51. The average Bonchev–Trinajstić information content (AvgIpc) is 2.99. The summed E-state index contributed by atoms with van der Waals surface area (Å²) in [5.74, 6) is 0.580. The summed E-state index contributed by atoms with van der Waals surface area (Å²) in [5, 5.41) is 18.3. The Morgan fingerprint density at radius 3 is 2.33 bits per heavy atom. The van der Waals surface area contributed by atoms with Crippen molar-refractivity contribution in [2.24, 2.45) is 0 Å². The molecular weight excluding hydrogens is 309 g/mol. The van der Waals surface area contributed by atoms with Crippen LogP contribution in [0.1, 0.15) is 5.56 Å². The van der Waals surface area contributed by atoms with E-state index in [1.54, 1.807) is 6.07 Å². The minimum atomic E-state index is 0.580. The van der Waals surface area contributed by atoms with Crippen LogP contribution in [0.3, 0.4) is 0 Å². The van der Waals surface area contributed by atoms with Crippen LogP contribution in [-0.4, -0.2) is 20.6 Å². The van der Waals surface area contributed by atoms with Gasteiger partial charge in [-0.05, 0) is 29.0 Å². The highest BCUT2D eigenvalue weighted by atomic mass is 35.5. The number of hydrogen-bond acceptors (Lipinski definition) is 4. The molecule has 1 aromatic heterocycles. The average molecular weight is 320 g/mol. The van der Waals surface area contributed by atoms with Crippen LogP contribution in [0.2, 0.25) is 10.0 Å². The highest BCUT2D eigenvalue weighted by molar-refractivity contribution is 6.35. The second kappa shape index (κ2) is 6.11. The van der Waals surface area contributed by atoms with Crippen LogP contribution in [0.15, 0.2) is 42.5 Å². The number of nitrogens with zero attached hydrogens (tertiary/aromatic N) is 3. The van der Waals surface area contributed by atoms with Crippen LogP contribution in [-0.2, 0) is 6.54 Å². The fourth-order valence-electron chi connectivity index (χ4n) is 1.92. The lowest BCUT2D eigenvalue weighted by Crippen LogP contribution is -1.99. The second-order valence-electron chi connectivity index (χ2n) is 4.44. The fraction of sp³-hybridized carbons (Fsp3) is 0.0714. The first kappa shape index (κ1) is 13.9. The van der Waals surface area contributed by atoms with Gasteiger partial charge in [0, 0.05) is 27.8 Å². The number of halogens is 2. The molecule has 0 atom stereocenters. The Kier molecular flexibility index (Phi) is 4.03. The fourth-order valence-corrected chi connectivity index (χ4v) is 2.44. The molecule has 1 heterocycles. The summed E-state index contributed by atoms with van der Waals surface area (Å²) in [7, 11) is 0. The van der Waals surface area contributed by atoms with Gasteiger partial charge in [-0.15, -0.1) is 10.2 Å². The summed E-state index contributed by atoms with van der Waals surface area (Å²) < 4.78 is 0. The molecule has 0 aliphatic heterocycles. The summed E-state index contributed by atoms with van der Waals surface area (Å²) in [5.41, 5.74) is 2.92. The van der Waals surface area contributed by atoms with Gasteiger partial charge in [0.25, 0.3) is 0 Å². The quantitative estimate of drug-likeness (QED) is 0.767. The second-order valence-corrected chi connectivity index (χ2v) is 5.32. The first-order valence-electron chi connectivity index (χ1n) is 6.23. The maximum atomic E-state index is 5.96. The number of aromatic amines is 1. The van der Waals surface area contributed by atoms with E-state index in [1.165, 1.54) is 0 Å². The van der Waals surface area contributed by atoms with E-state index >= 15 is 0 Å². The molecule has 5 nitrogen and oxygen atoms in total. The summed E-state index contributed by atoms with van der Waals surface area (Å²) in [6.07, 6.45) is 0. The van der Waals surface area contributed by atoms with E-state index in [0.29, 0.717) is 22.4 Å². The van der Waals surface area contributed by atoms with E-state index in [-0.39, 0.29) is 0 Å². The topological polar surface area (TPSA) is 66.5 Å². The predicted molar refractivity (Wildman–Crippen MR) is 83.4 cm³/mol. The van der Waals surface area contributed by atoms with Crippen molar-refractivity contribution in [3.63, 3.8) is 0 Å². The molecule has 0 bridgehead atoms. The molecule has 0 amide bonds. The Bertz CT molecular complexity index is 705. The highest BCUT2D eigenvalue weighted by Gasteiger charge is 2.03. The number of anilines is 1. The molecular formula is C14H11Cl2N5. The Balaban J connectivity index is 1.68. The van der Waals surface area contributed by atoms with Gasteiger partial charge < -0.3 is 5.32 Å². The van der Waals surface area contributed by atoms with E-state index in [4.69, 9.17) is 23.2 Å². The van der Waals surface area contributed by atoms with Gasteiger partial charge >= 0.3 is 0 Å². The van der Waals surface area contributed by atoms with Crippen LogP contribution in [0.4, 0.5) is 5.69 Å². The molecule has 2 N–H and O–H groups in total. The van der Waals surface area contributed by atoms with Gasteiger partial charge in [-0.3, -0.25) is 0 Å². The number of rotatable bonds is 4. The number of H-pyrrole nitrogens is 1. The minimum absolute atomic E-state index is 0.580. The number of tetrazole rings is 1. The summed E-state index contributed by atoms with van der Waals surface area (Å²) in [6, 6.07) is 13.3. The summed E-state index contributed by atoms with van der Waals surface area (Å²) in [4.78, 5) is 0. The molecule has 2 aromatic carbocycles. The Labute approximate surface area is 131 Å². The molecule has 0 saturated heterocycles. The van der Waals surface area contributed by atoms with Gasteiger partial charge in [-0.25, -0.2) is 0 Å². The standard InChI is InChI=1S/C14H11Cl2N5/c15-11-5-12(16)7-13(6-11)17-8-9-1-3-10(4-2-9)14-18-20-21-19-14/h1-7,17H,8H2,(H,18,19,20,21). The lowest BCUT2D eigenvalue weighted by molar-refractivity contribution is 0.881. The summed E-state index contributed by atoms with van der Waals surface area (Å²) >= 11 is 11.9. The van der Waals surface area contributed by atoms with Crippen molar-refractivity contribution in [3.05, 3.63) is 58.1 Å². The molecule has 0 radical (unpaired) electrons. The van der Waals surface area contributed by atoms with Crippen molar-refractivity contribution in [2.45, 2.75) is 6.54 Å². The number of benzene rings is 2. The molecule has 21 heavy (non-hydrogen) atoms. The van der Waals surface area contributed by atoms with E-state index in [2.05, 4.69) is 25.9 Å². The monoisotopic (exact) mass is 319 g/mol. The maximum Gasteiger partial charge on any atom is 0.204 e. The Morgan fingerprint density at radius 2 is 1.71 bits per heavy atom. The smallest absolute Gasteiger partial charge is 0.204 e. The zero-order valence-corrected chi connectivity index (χ0v) is 12.4. The third-order valence-corrected chi connectivity index (χ3v) is 3.35. The lowest BCUT2D eigenvalue weighted by Gasteiger charge is -2.08. The van der Waals surface area contributed by atoms with Crippen molar-refractivity contribution < 1.29 is 0 Å². The van der Waals surface area contributed by atoms with E-state index in [9.17, 15) is 0 Å². The molecule has 0 fully saturated rings. The van der Waals surface area contributed by atoms with Crippen LogP contribution in [0.25, 0.3) is 11.4 Å². The maximum absolute atomic E-state index is 5.96. The Hall–Kier alpha value is -2.11. The molecule has 0 spiro atoms. The van der Waals surface area contributed by atoms with Gasteiger partial charge in [-0.2, -0.15) is 5.21 Å². The Morgan fingerprint density at radius 1 is 1.00 bits per heavy atom. The number of hydrogen-bond donors (Lipinski definition) is 2. The van der Waals surface area contributed by atoms with E-state index < -0.39 is 0 Å². The SMILES string of the molecule is Clc1cc(Cl)cc(NCc2ccc(-c3nn[nH]n3)cc2)c1. The van der Waals surface area contributed by atoms with Gasteiger partial charge in [-0.1, -0.05) is 47.5 Å². The van der Waals surface area contributed by atoms with Crippen molar-refractivity contribution >= 4 is 28.9 Å². The highest BCUT2D eigenvalue weighted by Crippen LogP contribution is 2.23. The first-order chi connectivity index (χ1) is 10.2. The zero-order valence-electron chi connectivity index (χ0n) is 10.8. The molecule has 7 heteroatoms. The van der Waals surface area contributed by atoms with Crippen LogP contribution < -0.4 is 5.32 Å². The minimum Gasteiger partial charge on any atom is -0.381 e. The zero-order chi connectivity index (χ0) is 14.7. The molecule has 3 aromatic rings.